The minimum absolute atomic E-state index is 0.115. The smallest absolute Gasteiger partial charge is 0.328 e. The van der Waals surface area contributed by atoms with Gasteiger partial charge in [0.1, 0.15) is 12.1 Å². The van der Waals surface area contributed by atoms with Crippen molar-refractivity contribution in [2.45, 2.75) is 174 Å². The molecule has 2 unspecified atom stereocenters. The molecular weight excluding hydrogens is 560 g/mol. The van der Waals surface area contributed by atoms with E-state index in [-0.39, 0.29) is 30.9 Å². The van der Waals surface area contributed by atoms with Gasteiger partial charge in [-0.1, -0.05) is 116 Å². The first-order valence-corrected chi connectivity index (χ1v) is 17.6. The lowest BCUT2D eigenvalue weighted by molar-refractivity contribution is -0.147. The Hall–Kier alpha value is -2.42. The summed E-state index contributed by atoms with van der Waals surface area (Å²) >= 11 is 0. The summed E-state index contributed by atoms with van der Waals surface area (Å²) in [7, 11) is 0. The molecule has 256 valence electrons. The van der Waals surface area contributed by atoms with Crippen molar-refractivity contribution in [3.63, 3.8) is 0 Å². The quantitative estimate of drug-likeness (QED) is 0.0365. The van der Waals surface area contributed by atoms with E-state index in [0.29, 0.717) is 12.8 Å². The fraction of sp³-hybridized carbons (Fsp3) is 0.829. The Morgan fingerprint density at radius 2 is 1.20 bits per heavy atom. The van der Waals surface area contributed by atoms with Crippen molar-refractivity contribution in [1.29, 1.82) is 0 Å². The molecule has 4 N–H and O–H groups in total. The van der Waals surface area contributed by atoms with Crippen molar-refractivity contribution < 1.29 is 34.1 Å². The molecule has 0 heterocycles. The monoisotopic (exact) mass is 624 g/mol. The van der Waals surface area contributed by atoms with Gasteiger partial charge in [-0.15, -0.1) is 0 Å². The third-order valence-corrected chi connectivity index (χ3v) is 7.75. The molecular formula is C35H64N2O7. The average Bonchev–Trinajstić information content (AvgIpc) is 3.00. The van der Waals surface area contributed by atoms with Gasteiger partial charge >= 0.3 is 11.9 Å². The van der Waals surface area contributed by atoms with Crippen LogP contribution in [0.1, 0.15) is 162 Å². The fourth-order valence-corrected chi connectivity index (χ4v) is 4.98. The lowest BCUT2D eigenvalue weighted by Crippen LogP contribution is -2.47. The van der Waals surface area contributed by atoms with Gasteiger partial charge in [0.05, 0.1) is 13.2 Å². The highest BCUT2D eigenvalue weighted by molar-refractivity contribution is 5.87. The molecule has 2 atom stereocenters. The van der Waals surface area contributed by atoms with Crippen LogP contribution in [0.4, 0.5) is 0 Å². The van der Waals surface area contributed by atoms with E-state index in [1.807, 2.05) is 0 Å². The number of carbonyl (C=O) groups is 4. The summed E-state index contributed by atoms with van der Waals surface area (Å²) in [5.41, 5.74) is 0. The molecule has 0 saturated carbocycles. The summed E-state index contributed by atoms with van der Waals surface area (Å²) in [6.45, 7) is 3.40. The number of hydrogen-bond acceptors (Lipinski definition) is 6. The molecule has 0 aliphatic rings. The lowest BCUT2D eigenvalue weighted by Gasteiger charge is -2.15. The molecule has 0 aliphatic carbocycles. The standard InChI is InChI=1S/C35H64N2O7/c1-3-5-7-9-11-13-14-16-20-24-30(44-34(41)27-23-17-15-12-10-8-6-4-2)25-21-18-19-22-26-32(39)36-28-33(40)37-31(29-38)35(42)43/h20,24,30-31,38H,3-19,21-23,25-29H2,1-2H3,(H,36,39)(H,37,40)(H,42,43)/b24-20-. The normalized spacial score (nSPS) is 12.6. The average molecular weight is 625 g/mol. The van der Waals surface area contributed by atoms with Gasteiger partial charge in [0.2, 0.25) is 11.8 Å². The highest BCUT2D eigenvalue weighted by atomic mass is 16.5. The first-order valence-electron chi connectivity index (χ1n) is 17.6. The van der Waals surface area contributed by atoms with Crippen molar-refractivity contribution in [3.05, 3.63) is 12.2 Å². The van der Waals surface area contributed by atoms with E-state index in [0.717, 1.165) is 51.4 Å². The van der Waals surface area contributed by atoms with Crippen molar-refractivity contribution in [2.75, 3.05) is 13.2 Å². The van der Waals surface area contributed by atoms with E-state index in [1.54, 1.807) is 0 Å². The van der Waals surface area contributed by atoms with Crippen LogP contribution < -0.4 is 10.6 Å². The number of carboxylic acid groups (broad SMARTS) is 1. The van der Waals surface area contributed by atoms with Gasteiger partial charge in [-0.3, -0.25) is 14.4 Å². The number of esters is 1. The van der Waals surface area contributed by atoms with Crippen molar-refractivity contribution in [1.82, 2.24) is 10.6 Å². The highest BCUT2D eigenvalue weighted by Gasteiger charge is 2.18. The Balaban J connectivity index is 4.35. The summed E-state index contributed by atoms with van der Waals surface area (Å²) in [5.74, 6) is -2.40. The zero-order valence-electron chi connectivity index (χ0n) is 27.9. The van der Waals surface area contributed by atoms with E-state index < -0.39 is 24.5 Å². The molecule has 0 aromatic rings. The minimum atomic E-state index is -1.39. The lowest BCUT2D eigenvalue weighted by atomic mass is 10.1. The number of nitrogens with one attached hydrogen (secondary N) is 2. The molecule has 0 rings (SSSR count). The Labute approximate surface area is 267 Å². The van der Waals surface area contributed by atoms with Gasteiger partial charge in [-0.25, -0.2) is 4.79 Å². The van der Waals surface area contributed by atoms with Gasteiger partial charge < -0.3 is 25.6 Å². The van der Waals surface area contributed by atoms with Crippen LogP contribution in [0.3, 0.4) is 0 Å². The number of ether oxygens (including phenoxy) is 1. The number of rotatable bonds is 31. The topological polar surface area (TPSA) is 142 Å². The van der Waals surface area contributed by atoms with Gasteiger partial charge in [0.15, 0.2) is 0 Å². The maximum absolute atomic E-state index is 12.5. The second kappa shape index (κ2) is 30.6. The molecule has 9 nitrogen and oxygen atoms in total. The molecule has 0 aromatic heterocycles. The summed E-state index contributed by atoms with van der Waals surface area (Å²) in [6, 6.07) is -1.39. The number of hydrogen-bond donors (Lipinski definition) is 4. The van der Waals surface area contributed by atoms with Crippen molar-refractivity contribution >= 4 is 23.8 Å². The number of aliphatic hydroxyl groups excluding tert-OH is 1. The second-order valence-electron chi connectivity index (χ2n) is 12.0. The van der Waals surface area contributed by atoms with Crippen LogP contribution >= 0.6 is 0 Å². The van der Waals surface area contributed by atoms with E-state index in [2.05, 4.69) is 36.6 Å². The number of unbranched alkanes of at least 4 members (excludes halogenated alkanes) is 17. The summed E-state index contributed by atoms with van der Waals surface area (Å²) in [4.78, 5) is 47.2. The fourth-order valence-electron chi connectivity index (χ4n) is 4.98. The molecule has 44 heavy (non-hydrogen) atoms. The molecule has 0 spiro atoms. The summed E-state index contributed by atoms with van der Waals surface area (Å²) in [5, 5.41) is 22.4. The zero-order chi connectivity index (χ0) is 32.7. The predicted molar refractivity (Wildman–Crippen MR) is 176 cm³/mol. The van der Waals surface area contributed by atoms with E-state index in [4.69, 9.17) is 14.9 Å². The number of aliphatic hydroxyl groups is 1. The van der Waals surface area contributed by atoms with E-state index in [9.17, 15) is 19.2 Å². The highest BCUT2D eigenvalue weighted by Crippen LogP contribution is 2.15. The van der Waals surface area contributed by atoms with E-state index >= 15 is 0 Å². The third kappa shape index (κ3) is 27.2. The SMILES string of the molecule is CCCCCCCCC/C=C\C(CCCCCCC(=O)NCC(=O)NC(CO)C(=O)O)OC(=O)CCCCCCCCCC. The second-order valence-corrected chi connectivity index (χ2v) is 12.0. The largest absolute Gasteiger partial charge is 0.480 e. The Bertz CT molecular complexity index is 772. The van der Waals surface area contributed by atoms with Crippen molar-refractivity contribution in [3.8, 4) is 0 Å². The number of allylic oxidation sites excluding steroid dienone is 1. The Kier molecular flexibility index (Phi) is 28.9. The molecule has 0 aromatic carbocycles. The summed E-state index contributed by atoms with van der Waals surface area (Å²) in [6.07, 6.45) is 28.3. The maximum Gasteiger partial charge on any atom is 0.328 e. The molecule has 0 aliphatic heterocycles. The van der Waals surface area contributed by atoms with Crippen LogP contribution in [-0.4, -0.2) is 59.3 Å². The predicted octanol–water partition coefficient (Wildman–Crippen LogP) is 7.14. The van der Waals surface area contributed by atoms with Crippen molar-refractivity contribution in [2.24, 2.45) is 0 Å². The molecule has 0 bridgehead atoms. The molecule has 9 heteroatoms. The van der Waals surface area contributed by atoms with Crippen LogP contribution in [0.5, 0.6) is 0 Å². The Morgan fingerprint density at radius 3 is 1.77 bits per heavy atom. The van der Waals surface area contributed by atoms with Crippen LogP contribution in [0, 0.1) is 0 Å². The summed E-state index contributed by atoms with van der Waals surface area (Å²) < 4.78 is 5.85. The maximum atomic E-state index is 12.5. The molecule has 0 saturated heterocycles. The van der Waals surface area contributed by atoms with Crippen LogP contribution in [0.15, 0.2) is 12.2 Å². The first-order chi connectivity index (χ1) is 21.3. The first kappa shape index (κ1) is 41.6. The van der Waals surface area contributed by atoms with E-state index in [1.165, 1.54) is 77.0 Å². The number of amides is 2. The van der Waals surface area contributed by atoms with Crippen LogP contribution in [0.2, 0.25) is 0 Å². The minimum Gasteiger partial charge on any atom is -0.480 e. The number of carbonyl (C=O) groups excluding carboxylic acids is 3. The molecule has 0 radical (unpaired) electrons. The number of carboxylic acids is 1. The Morgan fingerprint density at radius 1 is 0.682 bits per heavy atom. The van der Waals surface area contributed by atoms with Gasteiger partial charge in [0, 0.05) is 12.8 Å². The van der Waals surface area contributed by atoms with Gasteiger partial charge in [-0.2, -0.15) is 0 Å². The molecule has 0 fully saturated rings. The van der Waals surface area contributed by atoms with Crippen LogP contribution in [-0.2, 0) is 23.9 Å². The van der Waals surface area contributed by atoms with Gasteiger partial charge in [0.25, 0.3) is 0 Å². The van der Waals surface area contributed by atoms with Crippen LogP contribution in [0.25, 0.3) is 0 Å². The number of aliphatic carboxylic acids is 1. The third-order valence-electron chi connectivity index (χ3n) is 7.75. The van der Waals surface area contributed by atoms with Gasteiger partial charge in [-0.05, 0) is 44.6 Å². The molecule has 2 amide bonds. The zero-order valence-corrected chi connectivity index (χ0v) is 27.9.